The number of likely N-dealkylation sites (N-methyl/N-ethyl adjacent to an activating group) is 1. The van der Waals surface area contributed by atoms with Gasteiger partial charge in [-0.1, -0.05) is 6.92 Å². The minimum Gasteiger partial charge on any atom is -0.329 e. The van der Waals surface area contributed by atoms with E-state index in [2.05, 4.69) is 24.1 Å². The van der Waals surface area contributed by atoms with Crippen molar-refractivity contribution in [2.75, 3.05) is 26.2 Å². The molecule has 0 saturated carbocycles. The molecule has 3 N–H and O–H groups in total. The average Bonchev–Trinajstić information content (AvgIpc) is 2.61. The maximum Gasteiger partial charge on any atom is 0.0221 e. The highest BCUT2D eigenvalue weighted by molar-refractivity contribution is 4.80. The van der Waals surface area contributed by atoms with Crippen molar-refractivity contribution in [1.82, 2.24) is 10.2 Å². The van der Waals surface area contributed by atoms with Gasteiger partial charge in [0.1, 0.15) is 0 Å². The van der Waals surface area contributed by atoms with Gasteiger partial charge in [-0.15, -0.1) is 0 Å². The molecule has 1 aliphatic rings. The fraction of sp³-hybridized carbons (Fsp3) is 1.00. The third-order valence-corrected chi connectivity index (χ3v) is 2.96. The molecule has 0 aromatic heterocycles. The first-order valence-electron chi connectivity index (χ1n) is 5.45. The number of rotatable bonds is 5. The van der Waals surface area contributed by atoms with E-state index in [0.717, 1.165) is 19.1 Å². The molecule has 1 heterocycles. The maximum atomic E-state index is 5.55. The van der Waals surface area contributed by atoms with Crippen LogP contribution in [-0.2, 0) is 0 Å². The topological polar surface area (TPSA) is 41.3 Å². The van der Waals surface area contributed by atoms with Crippen LogP contribution in [0, 0.1) is 0 Å². The molecule has 13 heavy (non-hydrogen) atoms. The minimum atomic E-state index is 0.458. The van der Waals surface area contributed by atoms with Gasteiger partial charge in [-0.25, -0.2) is 0 Å². The van der Waals surface area contributed by atoms with Gasteiger partial charge in [-0.05, 0) is 32.9 Å². The van der Waals surface area contributed by atoms with E-state index >= 15 is 0 Å². The Balaban J connectivity index is 2.19. The SMILES string of the molecule is CCN1CCCC1CNC(C)CN. The molecule has 2 atom stereocenters. The van der Waals surface area contributed by atoms with Gasteiger partial charge in [0, 0.05) is 25.2 Å². The van der Waals surface area contributed by atoms with E-state index in [0.29, 0.717) is 6.04 Å². The molecule has 1 rings (SSSR count). The number of hydrogen-bond acceptors (Lipinski definition) is 3. The molecule has 1 aliphatic heterocycles. The van der Waals surface area contributed by atoms with E-state index in [1.807, 2.05) is 0 Å². The summed E-state index contributed by atoms with van der Waals surface area (Å²) >= 11 is 0. The van der Waals surface area contributed by atoms with Crippen LogP contribution in [0.3, 0.4) is 0 Å². The van der Waals surface area contributed by atoms with Gasteiger partial charge in [-0.3, -0.25) is 4.90 Å². The van der Waals surface area contributed by atoms with Crippen LogP contribution in [0.25, 0.3) is 0 Å². The molecule has 0 aliphatic carbocycles. The van der Waals surface area contributed by atoms with E-state index in [-0.39, 0.29) is 0 Å². The lowest BCUT2D eigenvalue weighted by Gasteiger charge is -2.24. The molecule has 3 nitrogen and oxygen atoms in total. The standard InChI is InChI=1S/C10H23N3/c1-3-13-6-4-5-10(13)8-12-9(2)7-11/h9-10,12H,3-8,11H2,1-2H3. The normalized spacial score (nSPS) is 26.5. The summed E-state index contributed by atoms with van der Waals surface area (Å²) in [6.07, 6.45) is 2.70. The highest BCUT2D eigenvalue weighted by Gasteiger charge is 2.22. The maximum absolute atomic E-state index is 5.55. The first-order valence-corrected chi connectivity index (χ1v) is 5.45. The molecule has 0 bridgehead atoms. The van der Waals surface area contributed by atoms with Crippen molar-refractivity contribution in [3.05, 3.63) is 0 Å². The van der Waals surface area contributed by atoms with Crippen LogP contribution >= 0.6 is 0 Å². The van der Waals surface area contributed by atoms with Gasteiger partial charge in [0.15, 0.2) is 0 Å². The fourth-order valence-corrected chi connectivity index (χ4v) is 1.96. The fourth-order valence-electron chi connectivity index (χ4n) is 1.96. The number of hydrogen-bond donors (Lipinski definition) is 2. The van der Waals surface area contributed by atoms with E-state index in [9.17, 15) is 0 Å². The number of nitrogens with zero attached hydrogens (tertiary/aromatic N) is 1. The summed E-state index contributed by atoms with van der Waals surface area (Å²) in [6.45, 7) is 8.68. The Labute approximate surface area is 81.7 Å². The molecule has 78 valence electrons. The lowest BCUT2D eigenvalue weighted by atomic mass is 10.2. The summed E-state index contributed by atoms with van der Waals surface area (Å²) in [5.74, 6) is 0. The monoisotopic (exact) mass is 185 g/mol. The quantitative estimate of drug-likeness (QED) is 0.652. The van der Waals surface area contributed by atoms with Gasteiger partial charge >= 0.3 is 0 Å². The molecular weight excluding hydrogens is 162 g/mol. The summed E-state index contributed by atoms with van der Waals surface area (Å²) in [5.41, 5.74) is 5.55. The summed E-state index contributed by atoms with van der Waals surface area (Å²) < 4.78 is 0. The second kappa shape index (κ2) is 5.58. The zero-order valence-corrected chi connectivity index (χ0v) is 8.92. The van der Waals surface area contributed by atoms with Crippen LogP contribution in [0.2, 0.25) is 0 Å². The van der Waals surface area contributed by atoms with Crippen LogP contribution in [0.4, 0.5) is 0 Å². The second-order valence-electron chi connectivity index (χ2n) is 3.97. The molecule has 3 heteroatoms. The van der Waals surface area contributed by atoms with Crippen molar-refractivity contribution in [3.63, 3.8) is 0 Å². The summed E-state index contributed by atoms with van der Waals surface area (Å²) in [6, 6.07) is 1.21. The van der Waals surface area contributed by atoms with E-state index in [4.69, 9.17) is 5.73 Å². The third kappa shape index (κ3) is 3.25. The Morgan fingerprint density at radius 3 is 3.00 bits per heavy atom. The second-order valence-corrected chi connectivity index (χ2v) is 3.97. The van der Waals surface area contributed by atoms with Crippen molar-refractivity contribution < 1.29 is 0 Å². The molecule has 0 aromatic rings. The predicted molar refractivity (Wildman–Crippen MR) is 56.8 cm³/mol. The summed E-state index contributed by atoms with van der Waals surface area (Å²) in [5, 5.41) is 3.47. The number of nitrogens with one attached hydrogen (secondary N) is 1. The third-order valence-electron chi connectivity index (χ3n) is 2.96. The molecule has 0 spiro atoms. The van der Waals surface area contributed by atoms with E-state index in [1.54, 1.807) is 0 Å². The highest BCUT2D eigenvalue weighted by Crippen LogP contribution is 2.15. The first-order chi connectivity index (χ1) is 6.27. The number of likely N-dealkylation sites (tertiary alicyclic amines) is 1. The van der Waals surface area contributed by atoms with Gasteiger partial charge in [0.25, 0.3) is 0 Å². The Bertz CT molecular complexity index is 138. The zero-order valence-electron chi connectivity index (χ0n) is 8.92. The summed E-state index contributed by atoms with van der Waals surface area (Å²) in [7, 11) is 0. The lowest BCUT2D eigenvalue weighted by molar-refractivity contribution is 0.255. The molecule has 1 fully saturated rings. The lowest BCUT2D eigenvalue weighted by Crippen LogP contribution is -2.43. The van der Waals surface area contributed by atoms with Crippen molar-refractivity contribution >= 4 is 0 Å². The van der Waals surface area contributed by atoms with Crippen LogP contribution in [-0.4, -0.2) is 43.2 Å². The van der Waals surface area contributed by atoms with Gasteiger partial charge in [0.2, 0.25) is 0 Å². The van der Waals surface area contributed by atoms with Crippen molar-refractivity contribution in [2.24, 2.45) is 5.73 Å². The van der Waals surface area contributed by atoms with Crippen LogP contribution in [0.1, 0.15) is 26.7 Å². The Morgan fingerprint density at radius 1 is 1.62 bits per heavy atom. The van der Waals surface area contributed by atoms with Crippen molar-refractivity contribution in [1.29, 1.82) is 0 Å². The molecule has 1 saturated heterocycles. The smallest absolute Gasteiger partial charge is 0.0221 e. The molecule has 0 aromatic carbocycles. The highest BCUT2D eigenvalue weighted by atomic mass is 15.2. The summed E-state index contributed by atoms with van der Waals surface area (Å²) in [4.78, 5) is 2.55. The molecule has 0 amide bonds. The van der Waals surface area contributed by atoms with Gasteiger partial charge < -0.3 is 11.1 Å². The minimum absolute atomic E-state index is 0.458. The van der Waals surface area contributed by atoms with E-state index in [1.165, 1.54) is 25.9 Å². The number of nitrogens with two attached hydrogens (primary N) is 1. The van der Waals surface area contributed by atoms with Crippen molar-refractivity contribution in [2.45, 2.75) is 38.8 Å². The van der Waals surface area contributed by atoms with Crippen LogP contribution in [0.15, 0.2) is 0 Å². The zero-order chi connectivity index (χ0) is 9.68. The van der Waals surface area contributed by atoms with Crippen LogP contribution in [0.5, 0.6) is 0 Å². The Morgan fingerprint density at radius 2 is 2.38 bits per heavy atom. The molecule has 0 radical (unpaired) electrons. The van der Waals surface area contributed by atoms with Crippen LogP contribution < -0.4 is 11.1 Å². The first kappa shape index (κ1) is 11.0. The Kier molecular flexibility index (Phi) is 4.70. The average molecular weight is 185 g/mol. The van der Waals surface area contributed by atoms with Crippen molar-refractivity contribution in [3.8, 4) is 0 Å². The molecule has 2 unspecified atom stereocenters. The largest absolute Gasteiger partial charge is 0.329 e. The van der Waals surface area contributed by atoms with E-state index < -0.39 is 0 Å². The van der Waals surface area contributed by atoms with Gasteiger partial charge in [0.05, 0.1) is 0 Å². The molecular formula is C10H23N3. The predicted octanol–water partition coefficient (Wildman–Crippen LogP) is 0.408. The Hall–Kier alpha value is -0.120. The van der Waals surface area contributed by atoms with Gasteiger partial charge in [-0.2, -0.15) is 0 Å².